The average molecular weight is 320 g/mol. The third-order valence-corrected chi connectivity index (χ3v) is 3.01. The van der Waals surface area contributed by atoms with E-state index in [9.17, 15) is 4.39 Å². The van der Waals surface area contributed by atoms with Crippen molar-refractivity contribution in [2.75, 3.05) is 0 Å². The quantitative estimate of drug-likeness (QED) is 0.673. The summed E-state index contributed by atoms with van der Waals surface area (Å²) in [6, 6.07) is 7.25. The van der Waals surface area contributed by atoms with Crippen LogP contribution >= 0.6 is 27.5 Å². The fraction of sp³-hybridized carbons (Fsp3) is 0.0909. The molecule has 17 heavy (non-hydrogen) atoms. The summed E-state index contributed by atoms with van der Waals surface area (Å²) in [6.45, 7) is 0. The summed E-state index contributed by atoms with van der Waals surface area (Å²) in [4.78, 5) is 0. The molecule has 1 unspecified atom stereocenters. The fourth-order valence-corrected chi connectivity index (χ4v) is 2.08. The molecule has 1 heterocycles. The SMILES string of the molecule is NNC(c1ccc(Cl)o1)c1cc(Br)ccc1F. The van der Waals surface area contributed by atoms with Crippen molar-refractivity contribution in [1.29, 1.82) is 0 Å². The molecule has 1 aromatic carbocycles. The Morgan fingerprint density at radius 2 is 2.12 bits per heavy atom. The number of nitrogens with two attached hydrogens (primary N) is 1. The number of hydrogen-bond donors (Lipinski definition) is 2. The largest absolute Gasteiger partial charge is 0.448 e. The summed E-state index contributed by atoms with van der Waals surface area (Å²) in [5.74, 6) is 5.51. The van der Waals surface area contributed by atoms with Crippen molar-refractivity contribution in [3.8, 4) is 0 Å². The maximum atomic E-state index is 13.7. The second kappa shape index (κ2) is 5.18. The van der Waals surface area contributed by atoms with E-state index in [4.69, 9.17) is 21.9 Å². The van der Waals surface area contributed by atoms with E-state index < -0.39 is 6.04 Å². The highest BCUT2D eigenvalue weighted by Crippen LogP contribution is 2.28. The van der Waals surface area contributed by atoms with E-state index in [1.165, 1.54) is 6.07 Å². The average Bonchev–Trinajstić information content (AvgIpc) is 2.71. The van der Waals surface area contributed by atoms with Crippen molar-refractivity contribution in [1.82, 2.24) is 5.43 Å². The summed E-state index contributed by atoms with van der Waals surface area (Å²) >= 11 is 8.96. The van der Waals surface area contributed by atoms with Crippen LogP contribution in [0.4, 0.5) is 4.39 Å². The van der Waals surface area contributed by atoms with Crippen LogP contribution in [0.15, 0.2) is 39.2 Å². The third-order valence-electron chi connectivity index (χ3n) is 2.31. The van der Waals surface area contributed by atoms with Gasteiger partial charge in [0.05, 0.1) is 0 Å². The molecule has 0 radical (unpaired) electrons. The van der Waals surface area contributed by atoms with Gasteiger partial charge in [-0.05, 0) is 41.9 Å². The van der Waals surface area contributed by atoms with Crippen LogP contribution in [-0.4, -0.2) is 0 Å². The molecule has 1 aromatic heterocycles. The Bertz CT molecular complexity index is 532. The highest BCUT2D eigenvalue weighted by atomic mass is 79.9. The Kier molecular flexibility index (Phi) is 3.83. The van der Waals surface area contributed by atoms with Gasteiger partial charge in [-0.1, -0.05) is 15.9 Å². The molecule has 0 spiro atoms. The second-order valence-corrected chi connectivity index (χ2v) is 4.70. The first-order valence-electron chi connectivity index (χ1n) is 4.78. The van der Waals surface area contributed by atoms with E-state index in [0.29, 0.717) is 11.3 Å². The molecular formula is C11H9BrClFN2O. The van der Waals surface area contributed by atoms with Crippen LogP contribution < -0.4 is 11.3 Å². The molecule has 0 fully saturated rings. The van der Waals surface area contributed by atoms with Crippen LogP contribution in [0, 0.1) is 5.82 Å². The molecule has 2 rings (SSSR count). The maximum Gasteiger partial charge on any atom is 0.193 e. The van der Waals surface area contributed by atoms with Gasteiger partial charge < -0.3 is 4.42 Å². The van der Waals surface area contributed by atoms with Gasteiger partial charge in [-0.3, -0.25) is 5.84 Å². The molecule has 0 aliphatic rings. The maximum absolute atomic E-state index is 13.7. The number of benzene rings is 1. The summed E-state index contributed by atoms with van der Waals surface area (Å²) in [6.07, 6.45) is 0. The van der Waals surface area contributed by atoms with Crippen molar-refractivity contribution in [3.05, 3.63) is 57.2 Å². The predicted octanol–water partition coefficient (Wildman–Crippen LogP) is 3.39. The Morgan fingerprint density at radius 3 is 2.71 bits per heavy atom. The molecule has 0 saturated heterocycles. The lowest BCUT2D eigenvalue weighted by atomic mass is 10.0. The van der Waals surface area contributed by atoms with E-state index in [1.54, 1.807) is 24.3 Å². The van der Waals surface area contributed by atoms with E-state index >= 15 is 0 Å². The number of hydrogen-bond acceptors (Lipinski definition) is 3. The summed E-state index contributed by atoms with van der Waals surface area (Å²) < 4.78 is 19.7. The highest BCUT2D eigenvalue weighted by Gasteiger charge is 2.20. The zero-order valence-electron chi connectivity index (χ0n) is 8.58. The standard InChI is InChI=1S/C11H9BrClFN2O/c12-6-1-2-8(14)7(5-6)11(16-15)9-3-4-10(13)17-9/h1-5,11,16H,15H2. The second-order valence-electron chi connectivity index (χ2n) is 3.41. The molecule has 0 amide bonds. The highest BCUT2D eigenvalue weighted by molar-refractivity contribution is 9.10. The first kappa shape index (κ1) is 12.6. The smallest absolute Gasteiger partial charge is 0.193 e. The van der Waals surface area contributed by atoms with Crippen LogP contribution in [0.3, 0.4) is 0 Å². The molecular weight excluding hydrogens is 310 g/mol. The minimum atomic E-state index is -0.583. The van der Waals surface area contributed by atoms with Crippen LogP contribution in [0.2, 0.25) is 5.22 Å². The van der Waals surface area contributed by atoms with Crippen molar-refractivity contribution in [3.63, 3.8) is 0 Å². The Morgan fingerprint density at radius 1 is 1.35 bits per heavy atom. The van der Waals surface area contributed by atoms with Gasteiger partial charge in [-0.15, -0.1) is 0 Å². The molecule has 1 atom stereocenters. The molecule has 3 nitrogen and oxygen atoms in total. The molecule has 0 bridgehead atoms. The van der Waals surface area contributed by atoms with Crippen molar-refractivity contribution < 1.29 is 8.81 Å². The summed E-state index contributed by atoms with van der Waals surface area (Å²) in [5.41, 5.74) is 2.89. The van der Waals surface area contributed by atoms with Crippen LogP contribution in [0.5, 0.6) is 0 Å². The van der Waals surface area contributed by atoms with Gasteiger partial charge in [0, 0.05) is 10.0 Å². The number of halogens is 3. The van der Waals surface area contributed by atoms with E-state index in [2.05, 4.69) is 21.4 Å². The molecule has 0 saturated carbocycles. The van der Waals surface area contributed by atoms with Gasteiger partial charge in [-0.25, -0.2) is 9.82 Å². The lowest BCUT2D eigenvalue weighted by Crippen LogP contribution is -2.29. The molecule has 3 N–H and O–H groups in total. The minimum Gasteiger partial charge on any atom is -0.448 e. The van der Waals surface area contributed by atoms with Gasteiger partial charge >= 0.3 is 0 Å². The topological polar surface area (TPSA) is 51.2 Å². The first-order valence-corrected chi connectivity index (χ1v) is 5.95. The van der Waals surface area contributed by atoms with Crippen LogP contribution in [-0.2, 0) is 0 Å². The van der Waals surface area contributed by atoms with E-state index in [1.807, 2.05) is 0 Å². The molecule has 0 aliphatic carbocycles. The van der Waals surface area contributed by atoms with Crippen LogP contribution in [0.25, 0.3) is 0 Å². The van der Waals surface area contributed by atoms with Gasteiger partial charge in [0.15, 0.2) is 5.22 Å². The van der Waals surface area contributed by atoms with E-state index in [-0.39, 0.29) is 11.0 Å². The van der Waals surface area contributed by atoms with Crippen LogP contribution in [0.1, 0.15) is 17.4 Å². The number of furan rings is 1. The molecule has 6 heteroatoms. The molecule has 0 aliphatic heterocycles. The van der Waals surface area contributed by atoms with Crippen molar-refractivity contribution >= 4 is 27.5 Å². The summed E-state index contributed by atoms with van der Waals surface area (Å²) in [7, 11) is 0. The summed E-state index contributed by atoms with van der Waals surface area (Å²) in [5, 5.41) is 0.232. The molecule has 2 aromatic rings. The first-order chi connectivity index (χ1) is 8.11. The fourth-order valence-electron chi connectivity index (χ4n) is 1.54. The van der Waals surface area contributed by atoms with Crippen molar-refractivity contribution in [2.24, 2.45) is 5.84 Å². The Balaban J connectivity index is 2.45. The zero-order chi connectivity index (χ0) is 12.4. The lowest BCUT2D eigenvalue weighted by molar-refractivity contribution is 0.442. The minimum absolute atomic E-state index is 0.232. The number of nitrogens with one attached hydrogen (secondary N) is 1. The predicted molar refractivity (Wildman–Crippen MR) is 67.0 cm³/mol. The normalized spacial score (nSPS) is 12.7. The monoisotopic (exact) mass is 318 g/mol. The third kappa shape index (κ3) is 2.69. The number of rotatable bonds is 3. The van der Waals surface area contributed by atoms with Gasteiger partial charge in [-0.2, -0.15) is 0 Å². The van der Waals surface area contributed by atoms with E-state index in [0.717, 1.165) is 4.47 Å². The molecule has 90 valence electrons. The number of hydrazine groups is 1. The lowest BCUT2D eigenvalue weighted by Gasteiger charge is -2.14. The Hall–Kier alpha value is -0.880. The van der Waals surface area contributed by atoms with Crippen molar-refractivity contribution in [2.45, 2.75) is 6.04 Å². The zero-order valence-corrected chi connectivity index (χ0v) is 10.9. The Labute approximate surface area is 111 Å². The van der Waals surface area contributed by atoms with Gasteiger partial charge in [0.2, 0.25) is 0 Å². The van der Waals surface area contributed by atoms with Gasteiger partial charge in [0.1, 0.15) is 17.6 Å². The van der Waals surface area contributed by atoms with Gasteiger partial charge in [0.25, 0.3) is 0 Å².